The SMILES string of the molecule is CNCc1cnccc1OC(C)C. The van der Waals surface area contributed by atoms with Crippen LogP contribution in [-0.2, 0) is 6.54 Å². The maximum atomic E-state index is 5.62. The first-order chi connectivity index (χ1) is 6.24. The molecule has 0 bridgehead atoms. The monoisotopic (exact) mass is 180 g/mol. The molecule has 0 aliphatic carbocycles. The molecule has 0 aromatic carbocycles. The Morgan fingerprint density at radius 3 is 2.92 bits per heavy atom. The lowest BCUT2D eigenvalue weighted by Gasteiger charge is -2.13. The molecule has 72 valence electrons. The van der Waals surface area contributed by atoms with E-state index in [0.29, 0.717) is 0 Å². The Balaban J connectivity index is 2.78. The van der Waals surface area contributed by atoms with Gasteiger partial charge in [-0.2, -0.15) is 0 Å². The fourth-order valence-electron chi connectivity index (χ4n) is 1.11. The number of pyridine rings is 1. The third-order valence-electron chi connectivity index (χ3n) is 1.59. The minimum atomic E-state index is 0.206. The van der Waals surface area contributed by atoms with E-state index in [-0.39, 0.29) is 6.10 Å². The summed E-state index contributed by atoms with van der Waals surface area (Å²) in [6.07, 6.45) is 3.78. The van der Waals surface area contributed by atoms with Gasteiger partial charge in [0, 0.05) is 24.5 Å². The molecule has 1 aromatic heterocycles. The molecule has 0 saturated heterocycles. The second kappa shape index (κ2) is 4.82. The zero-order valence-electron chi connectivity index (χ0n) is 8.37. The van der Waals surface area contributed by atoms with Gasteiger partial charge in [-0.05, 0) is 27.0 Å². The Morgan fingerprint density at radius 1 is 1.54 bits per heavy atom. The van der Waals surface area contributed by atoms with Gasteiger partial charge in [0.2, 0.25) is 0 Å². The van der Waals surface area contributed by atoms with Gasteiger partial charge in [0.05, 0.1) is 6.10 Å². The Hall–Kier alpha value is -1.09. The van der Waals surface area contributed by atoms with E-state index in [2.05, 4.69) is 10.3 Å². The van der Waals surface area contributed by atoms with Crippen LogP contribution >= 0.6 is 0 Å². The second-order valence-electron chi connectivity index (χ2n) is 3.18. The van der Waals surface area contributed by atoms with Crippen LogP contribution in [0.1, 0.15) is 19.4 Å². The maximum absolute atomic E-state index is 5.62. The highest BCUT2D eigenvalue weighted by atomic mass is 16.5. The normalized spacial score (nSPS) is 10.5. The molecule has 0 atom stereocenters. The number of aromatic nitrogens is 1. The van der Waals surface area contributed by atoms with Crippen LogP contribution in [-0.4, -0.2) is 18.1 Å². The first-order valence-corrected chi connectivity index (χ1v) is 4.48. The maximum Gasteiger partial charge on any atom is 0.127 e. The zero-order chi connectivity index (χ0) is 9.68. The number of nitrogens with zero attached hydrogens (tertiary/aromatic N) is 1. The summed E-state index contributed by atoms with van der Waals surface area (Å²) in [4.78, 5) is 4.05. The smallest absolute Gasteiger partial charge is 0.127 e. The van der Waals surface area contributed by atoms with Crippen LogP contribution in [0, 0.1) is 0 Å². The van der Waals surface area contributed by atoms with E-state index in [1.807, 2.05) is 33.2 Å². The quantitative estimate of drug-likeness (QED) is 0.764. The van der Waals surface area contributed by atoms with Crippen molar-refractivity contribution in [3.8, 4) is 5.75 Å². The van der Waals surface area contributed by atoms with Gasteiger partial charge >= 0.3 is 0 Å². The van der Waals surface area contributed by atoms with Crippen molar-refractivity contribution in [3.63, 3.8) is 0 Å². The van der Waals surface area contributed by atoms with E-state index in [9.17, 15) is 0 Å². The molecular formula is C10H16N2O. The number of hydrogen-bond donors (Lipinski definition) is 1. The molecule has 13 heavy (non-hydrogen) atoms. The first kappa shape index (κ1) is 9.99. The fraction of sp³-hybridized carbons (Fsp3) is 0.500. The lowest BCUT2D eigenvalue weighted by Crippen LogP contribution is -2.11. The van der Waals surface area contributed by atoms with Gasteiger partial charge in [-0.1, -0.05) is 0 Å². The van der Waals surface area contributed by atoms with E-state index in [0.717, 1.165) is 17.9 Å². The van der Waals surface area contributed by atoms with Gasteiger partial charge in [-0.25, -0.2) is 0 Å². The molecule has 0 aliphatic rings. The minimum Gasteiger partial charge on any atom is -0.491 e. The molecule has 0 amide bonds. The lowest BCUT2D eigenvalue weighted by molar-refractivity contribution is 0.239. The Bertz CT molecular complexity index is 261. The van der Waals surface area contributed by atoms with Crippen LogP contribution in [0.4, 0.5) is 0 Å². The summed E-state index contributed by atoms with van der Waals surface area (Å²) >= 11 is 0. The van der Waals surface area contributed by atoms with Gasteiger partial charge in [0.25, 0.3) is 0 Å². The number of ether oxygens (including phenoxy) is 1. The lowest BCUT2D eigenvalue weighted by atomic mass is 10.2. The topological polar surface area (TPSA) is 34.2 Å². The predicted octanol–water partition coefficient (Wildman–Crippen LogP) is 1.59. The molecular weight excluding hydrogens is 164 g/mol. The molecule has 0 saturated carbocycles. The van der Waals surface area contributed by atoms with Crippen molar-refractivity contribution in [2.45, 2.75) is 26.5 Å². The van der Waals surface area contributed by atoms with Crippen molar-refractivity contribution >= 4 is 0 Å². The molecule has 0 unspecified atom stereocenters. The van der Waals surface area contributed by atoms with Crippen LogP contribution in [0.5, 0.6) is 5.75 Å². The fourth-order valence-corrected chi connectivity index (χ4v) is 1.11. The van der Waals surface area contributed by atoms with E-state index < -0.39 is 0 Å². The Kier molecular flexibility index (Phi) is 3.71. The summed E-state index contributed by atoms with van der Waals surface area (Å²) < 4.78 is 5.62. The highest BCUT2D eigenvalue weighted by Gasteiger charge is 2.03. The van der Waals surface area contributed by atoms with Gasteiger partial charge in [0.15, 0.2) is 0 Å². The van der Waals surface area contributed by atoms with E-state index in [1.165, 1.54) is 0 Å². The molecule has 0 aliphatic heterocycles. The van der Waals surface area contributed by atoms with Gasteiger partial charge in [-0.15, -0.1) is 0 Å². The largest absolute Gasteiger partial charge is 0.491 e. The third-order valence-corrected chi connectivity index (χ3v) is 1.59. The molecule has 3 nitrogen and oxygen atoms in total. The second-order valence-corrected chi connectivity index (χ2v) is 3.18. The van der Waals surface area contributed by atoms with E-state index >= 15 is 0 Å². The van der Waals surface area contributed by atoms with Crippen LogP contribution < -0.4 is 10.1 Å². The molecule has 1 heterocycles. The van der Waals surface area contributed by atoms with Crippen LogP contribution in [0.25, 0.3) is 0 Å². The molecule has 0 radical (unpaired) electrons. The van der Waals surface area contributed by atoms with Crippen molar-refractivity contribution in [3.05, 3.63) is 24.0 Å². The molecule has 1 aromatic rings. The van der Waals surface area contributed by atoms with Gasteiger partial charge in [0.1, 0.15) is 5.75 Å². The standard InChI is InChI=1S/C10H16N2O/c1-8(2)13-10-4-5-12-7-9(10)6-11-3/h4-5,7-8,11H,6H2,1-3H3. The van der Waals surface area contributed by atoms with Crippen LogP contribution in [0.15, 0.2) is 18.5 Å². The summed E-state index contributed by atoms with van der Waals surface area (Å²) in [5.74, 6) is 0.916. The van der Waals surface area contributed by atoms with Crippen molar-refractivity contribution in [2.75, 3.05) is 7.05 Å². The number of rotatable bonds is 4. The Labute approximate surface area is 79.1 Å². The van der Waals surface area contributed by atoms with Crippen molar-refractivity contribution in [1.82, 2.24) is 10.3 Å². The van der Waals surface area contributed by atoms with Crippen molar-refractivity contribution in [1.29, 1.82) is 0 Å². The van der Waals surface area contributed by atoms with Gasteiger partial charge < -0.3 is 10.1 Å². The van der Waals surface area contributed by atoms with Crippen LogP contribution in [0.2, 0.25) is 0 Å². The molecule has 1 N–H and O–H groups in total. The minimum absolute atomic E-state index is 0.206. The third kappa shape index (κ3) is 3.03. The van der Waals surface area contributed by atoms with E-state index in [1.54, 1.807) is 6.20 Å². The molecule has 3 heteroatoms. The zero-order valence-corrected chi connectivity index (χ0v) is 8.37. The summed E-state index contributed by atoms with van der Waals surface area (Å²) in [6.45, 7) is 4.82. The predicted molar refractivity (Wildman–Crippen MR) is 52.8 cm³/mol. The molecule has 0 fully saturated rings. The first-order valence-electron chi connectivity index (χ1n) is 4.48. The van der Waals surface area contributed by atoms with Crippen molar-refractivity contribution in [2.24, 2.45) is 0 Å². The summed E-state index contributed by atoms with van der Waals surface area (Å²) in [6, 6.07) is 1.90. The Morgan fingerprint density at radius 2 is 2.31 bits per heavy atom. The molecule has 0 spiro atoms. The number of hydrogen-bond acceptors (Lipinski definition) is 3. The average Bonchev–Trinajstić information content (AvgIpc) is 2.08. The van der Waals surface area contributed by atoms with E-state index in [4.69, 9.17) is 4.74 Å². The van der Waals surface area contributed by atoms with Crippen molar-refractivity contribution < 1.29 is 4.74 Å². The molecule has 1 rings (SSSR count). The van der Waals surface area contributed by atoms with Gasteiger partial charge in [-0.3, -0.25) is 4.98 Å². The highest BCUT2D eigenvalue weighted by Crippen LogP contribution is 2.17. The highest BCUT2D eigenvalue weighted by molar-refractivity contribution is 5.30. The summed E-state index contributed by atoms with van der Waals surface area (Å²) in [5, 5.41) is 3.08. The summed E-state index contributed by atoms with van der Waals surface area (Å²) in [7, 11) is 1.91. The average molecular weight is 180 g/mol. The summed E-state index contributed by atoms with van der Waals surface area (Å²) in [5.41, 5.74) is 1.10. The van der Waals surface area contributed by atoms with Crippen LogP contribution in [0.3, 0.4) is 0 Å². The number of nitrogens with one attached hydrogen (secondary N) is 1.